The maximum absolute atomic E-state index is 11.4. The second-order valence-electron chi connectivity index (χ2n) is 3.93. The lowest BCUT2D eigenvalue weighted by atomic mass is 9.90. The van der Waals surface area contributed by atoms with Crippen molar-refractivity contribution < 1.29 is 24.6 Å². The molecule has 0 saturated heterocycles. The fourth-order valence-electron chi connectivity index (χ4n) is 1.52. The minimum Gasteiger partial charge on any atom is -0.481 e. The van der Waals surface area contributed by atoms with E-state index >= 15 is 0 Å². The van der Waals surface area contributed by atoms with E-state index in [1.807, 2.05) is 6.92 Å². The van der Waals surface area contributed by atoms with Crippen LogP contribution in [0, 0.1) is 0 Å². The molecule has 1 amide bonds. The molecule has 0 fully saturated rings. The smallest absolute Gasteiger partial charge is 0.329 e. The molecule has 0 aliphatic carbocycles. The Balaban J connectivity index is 4.75. The first kappa shape index (κ1) is 15.4. The molecule has 6 heteroatoms. The molecule has 3 N–H and O–H groups in total. The number of hydrogen-bond donors (Lipinski definition) is 3. The van der Waals surface area contributed by atoms with Gasteiger partial charge in [0.25, 0.3) is 0 Å². The van der Waals surface area contributed by atoms with Gasteiger partial charge in [0.05, 0.1) is 0 Å². The molecular weight excluding hydrogens is 226 g/mol. The monoisotopic (exact) mass is 245 g/mol. The Kier molecular flexibility index (Phi) is 6.23. The van der Waals surface area contributed by atoms with Crippen LogP contribution in [0.5, 0.6) is 0 Å². The summed E-state index contributed by atoms with van der Waals surface area (Å²) in [6, 6.07) is 0. The van der Waals surface area contributed by atoms with Gasteiger partial charge in [-0.2, -0.15) is 0 Å². The van der Waals surface area contributed by atoms with E-state index in [0.717, 1.165) is 0 Å². The zero-order valence-corrected chi connectivity index (χ0v) is 10.2. The Hall–Kier alpha value is -1.59. The van der Waals surface area contributed by atoms with Crippen LogP contribution >= 0.6 is 0 Å². The van der Waals surface area contributed by atoms with Gasteiger partial charge >= 0.3 is 11.9 Å². The number of carbonyl (C=O) groups excluding carboxylic acids is 1. The topological polar surface area (TPSA) is 104 Å². The summed E-state index contributed by atoms with van der Waals surface area (Å²) >= 11 is 0. The number of carboxylic acids is 2. The maximum Gasteiger partial charge on any atom is 0.329 e. The van der Waals surface area contributed by atoms with Crippen molar-refractivity contribution in [1.29, 1.82) is 0 Å². The van der Waals surface area contributed by atoms with Gasteiger partial charge in [0.2, 0.25) is 5.91 Å². The summed E-state index contributed by atoms with van der Waals surface area (Å²) in [5, 5.41) is 20.2. The molecule has 0 aromatic rings. The van der Waals surface area contributed by atoms with Crippen molar-refractivity contribution in [2.75, 3.05) is 0 Å². The summed E-state index contributed by atoms with van der Waals surface area (Å²) < 4.78 is 0. The molecule has 0 spiro atoms. The van der Waals surface area contributed by atoms with Gasteiger partial charge in [-0.05, 0) is 19.3 Å². The van der Waals surface area contributed by atoms with E-state index in [-0.39, 0.29) is 31.6 Å². The quantitative estimate of drug-likeness (QED) is 0.592. The van der Waals surface area contributed by atoms with Gasteiger partial charge in [-0.25, -0.2) is 4.79 Å². The number of hydrogen-bond acceptors (Lipinski definition) is 3. The van der Waals surface area contributed by atoms with E-state index in [1.54, 1.807) is 6.92 Å². The third-order valence-electron chi connectivity index (χ3n) is 2.63. The predicted molar refractivity (Wildman–Crippen MR) is 60.6 cm³/mol. The van der Waals surface area contributed by atoms with E-state index in [0.29, 0.717) is 6.42 Å². The molecule has 6 nitrogen and oxygen atoms in total. The number of carbonyl (C=O) groups is 3. The number of aliphatic carboxylic acids is 2. The minimum atomic E-state index is -1.47. The van der Waals surface area contributed by atoms with Crippen molar-refractivity contribution in [2.45, 2.75) is 51.5 Å². The molecule has 0 radical (unpaired) electrons. The zero-order valence-electron chi connectivity index (χ0n) is 10.2. The van der Waals surface area contributed by atoms with Crippen LogP contribution in [-0.4, -0.2) is 33.6 Å². The van der Waals surface area contributed by atoms with Crippen LogP contribution in [0.3, 0.4) is 0 Å². The average Bonchev–Trinajstić information content (AvgIpc) is 2.24. The summed E-state index contributed by atoms with van der Waals surface area (Å²) in [6.07, 6.45) is 0.619. The van der Waals surface area contributed by atoms with Crippen molar-refractivity contribution >= 4 is 17.8 Å². The molecule has 0 rings (SSSR count). The first-order valence-electron chi connectivity index (χ1n) is 5.64. The predicted octanol–water partition coefficient (Wildman–Crippen LogP) is 1.00. The van der Waals surface area contributed by atoms with Crippen LogP contribution in [0.25, 0.3) is 0 Å². The van der Waals surface area contributed by atoms with Crippen molar-refractivity contribution in [1.82, 2.24) is 5.32 Å². The van der Waals surface area contributed by atoms with Crippen LogP contribution in [0.2, 0.25) is 0 Å². The zero-order chi connectivity index (χ0) is 13.5. The summed E-state index contributed by atoms with van der Waals surface area (Å²) in [5.41, 5.74) is -1.47. The molecule has 0 aliphatic heterocycles. The number of rotatable bonds is 8. The fourth-order valence-corrected chi connectivity index (χ4v) is 1.52. The Bertz CT molecular complexity index is 302. The minimum absolute atomic E-state index is 0.108. The van der Waals surface area contributed by atoms with Crippen molar-refractivity contribution in [3.63, 3.8) is 0 Å². The Morgan fingerprint density at radius 2 is 1.71 bits per heavy atom. The van der Waals surface area contributed by atoms with Crippen molar-refractivity contribution in [2.24, 2.45) is 0 Å². The van der Waals surface area contributed by atoms with Crippen molar-refractivity contribution in [3.8, 4) is 0 Å². The molecular formula is C11H19NO5. The van der Waals surface area contributed by atoms with Crippen LogP contribution in [0.1, 0.15) is 46.0 Å². The molecule has 0 heterocycles. The lowest BCUT2D eigenvalue weighted by Gasteiger charge is -2.28. The van der Waals surface area contributed by atoms with Crippen LogP contribution in [-0.2, 0) is 14.4 Å². The molecule has 0 unspecified atom stereocenters. The average molecular weight is 245 g/mol. The van der Waals surface area contributed by atoms with Crippen molar-refractivity contribution in [3.05, 3.63) is 0 Å². The van der Waals surface area contributed by atoms with E-state index < -0.39 is 17.5 Å². The number of carboxylic acid groups (broad SMARTS) is 2. The van der Waals surface area contributed by atoms with Gasteiger partial charge in [0.1, 0.15) is 5.54 Å². The first-order chi connectivity index (χ1) is 7.88. The molecule has 0 saturated carbocycles. The Morgan fingerprint density at radius 1 is 1.12 bits per heavy atom. The van der Waals surface area contributed by atoms with Crippen LogP contribution < -0.4 is 5.32 Å². The molecule has 0 aromatic carbocycles. The number of amides is 1. The van der Waals surface area contributed by atoms with Gasteiger partial charge in [0, 0.05) is 12.8 Å². The third kappa shape index (κ3) is 4.84. The van der Waals surface area contributed by atoms with Gasteiger partial charge < -0.3 is 15.5 Å². The molecule has 0 aromatic heterocycles. The normalized spacial score (nSPS) is 13.8. The lowest BCUT2D eigenvalue weighted by Crippen LogP contribution is -2.54. The highest BCUT2D eigenvalue weighted by Gasteiger charge is 2.38. The second kappa shape index (κ2) is 6.88. The highest BCUT2D eigenvalue weighted by molar-refractivity contribution is 5.87. The summed E-state index contributed by atoms with van der Waals surface area (Å²) in [5.74, 6) is -2.62. The highest BCUT2D eigenvalue weighted by atomic mass is 16.4. The molecule has 17 heavy (non-hydrogen) atoms. The highest BCUT2D eigenvalue weighted by Crippen LogP contribution is 2.18. The van der Waals surface area contributed by atoms with E-state index in [2.05, 4.69) is 5.32 Å². The standard InChI is InChI=1S/C11H19NO5/c1-3-5-8(13)12-11(4-2,10(16)17)7-6-9(14)15/h3-7H2,1-2H3,(H,12,13)(H,14,15)(H,16,17)/t11-/m0/s1. The Labute approximate surface area is 100 Å². The summed E-state index contributed by atoms with van der Waals surface area (Å²) in [7, 11) is 0. The van der Waals surface area contributed by atoms with Gasteiger partial charge in [0.15, 0.2) is 0 Å². The lowest BCUT2D eigenvalue weighted by molar-refractivity contribution is -0.149. The number of nitrogens with one attached hydrogen (secondary N) is 1. The third-order valence-corrected chi connectivity index (χ3v) is 2.63. The van der Waals surface area contributed by atoms with E-state index in [4.69, 9.17) is 10.2 Å². The molecule has 0 bridgehead atoms. The second-order valence-corrected chi connectivity index (χ2v) is 3.93. The van der Waals surface area contributed by atoms with Crippen LogP contribution in [0.15, 0.2) is 0 Å². The fraction of sp³-hybridized carbons (Fsp3) is 0.727. The van der Waals surface area contributed by atoms with Gasteiger partial charge in [-0.3, -0.25) is 9.59 Å². The van der Waals surface area contributed by atoms with Gasteiger partial charge in [-0.1, -0.05) is 13.8 Å². The Morgan fingerprint density at radius 3 is 2.06 bits per heavy atom. The largest absolute Gasteiger partial charge is 0.481 e. The molecule has 1 atom stereocenters. The van der Waals surface area contributed by atoms with E-state index in [9.17, 15) is 14.4 Å². The summed E-state index contributed by atoms with van der Waals surface area (Å²) in [4.78, 5) is 33.1. The SMILES string of the molecule is CCCC(=O)N[C@@](CC)(CCC(=O)O)C(=O)O. The van der Waals surface area contributed by atoms with Crippen LogP contribution in [0.4, 0.5) is 0 Å². The van der Waals surface area contributed by atoms with E-state index in [1.165, 1.54) is 0 Å². The maximum atomic E-state index is 11.4. The molecule has 0 aliphatic rings. The van der Waals surface area contributed by atoms with Gasteiger partial charge in [-0.15, -0.1) is 0 Å². The summed E-state index contributed by atoms with van der Waals surface area (Å²) in [6.45, 7) is 3.42. The molecule has 98 valence electrons. The first-order valence-corrected chi connectivity index (χ1v) is 5.64.